The summed E-state index contributed by atoms with van der Waals surface area (Å²) in [6.07, 6.45) is 2.83. The van der Waals surface area contributed by atoms with E-state index in [0.717, 1.165) is 12.8 Å². The predicted molar refractivity (Wildman–Crippen MR) is 130 cm³/mol. The molecule has 2 unspecified atom stereocenters. The second kappa shape index (κ2) is 9.78. The van der Waals surface area contributed by atoms with Gasteiger partial charge in [-0.2, -0.15) is 0 Å². The van der Waals surface area contributed by atoms with Gasteiger partial charge < -0.3 is 30.1 Å². The van der Waals surface area contributed by atoms with Gasteiger partial charge >= 0.3 is 0 Å². The summed E-state index contributed by atoms with van der Waals surface area (Å²) < 4.78 is 12.0. The molecule has 9 heteroatoms. The number of rotatable bonds is 10. The van der Waals surface area contributed by atoms with Gasteiger partial charge in [0.2, 0.25) is 17.7 Å². The van der Waals surface area contributed by atoms with Crippen molar-refractivity contribution >= 4 is 23.4 Å². The van der Waals surface area contributed by atoms with E-state index in [1.165, 1.54) is 4.90 Å². The number of hydrogen-bond acceptors (Lipinski definition) is 6. The molecule has 35 heavy (non-hydrogen) atoms. The van der Waals surface area contributed by atoms with Crippen LogP contribution in [0.15, 0.2) is 24.3 Å². The lowest BCUT2D eigenvalue weighted by Crippen LogP contribution is -2.57. The van der Waals surface area contributed by atoms with E-state index in [4.69, 9.17) is 9.47 Å². The fourth-order valence-electron chi connectivity index (χ4n) is 6.13. The van der Waals surface area contributed by atoms with Gasteiger partial charge in [-0.1, -0.05) is 13.3 Å². The van der Waals surface area contributed by atoms with Crippen molar-refractivity contribution in [3.05, 3.63) is 24.3 Å². The number of benzene rings is 1. The van der Waals surface area contributed by atoms with E-state index in [-0.39, 0.29) is 24.3 Å². The number of hydrogen-bond donors (Lipinski definition) is 3. The Hall–Kier alpha value is -2.65. The van der Waals surface area contributed by atoms with Crippen LogP contribution in [-0.2, 0) is 19.1 Å². The summed E-state index contributed by atoms with van der Waals surface area (Å²) in [6.45, 7) is 8.28. The number of carbonyl (C=O) groups excluding carboxylic acids is 3. The fraction of sp³-hybridized carbons (Fsp3) is 0.654. The van der Waals surface area contributed by atoms with Crippen LogP contribution in [0.4, 0.5) is 5.69 Å². The van der Waals surface area contributed by atoms with Crippen LogP contribution in [0.1, 0.15) is 53.4 Å². The van der Waals surface area contributed by atoms with Crippen LogP contribution in [0.3, 0.4) is 0 Å². The molecule has 3 aliphatic rings. The SMILES string of the molecule is CCCCNC(=O)C1N([C@H](C)CO)C(=O)[C@@H]2[C@H](C(=O)Nc3ccc(OCC)cc3)[C@]3(C)CCC12O3. The molecule has 3 saturated heterocycles. The Morgan fingerprint density at radius 1 is 1.23 bits per heavy atom. The maximum atomic E-state index is 13.8. The number of aliphatic hydroxyl groups excluding tert-OH is 1. The number of nitrogens with zero attached hydrogens (tertiary/aromatic N) is 1. The first kappa shape index (κ1) is 25.4. The third-order valence-corrected chi connectivity index (χ3v) is 7.75. The Balaban J connectivity index is 1.64. The van der Waals surface area contributed by atoms with E-state index < -0.39 is 35.1 Å². The minimum Gasteiger partial charge on any atom is -0.494 e. The second-order valence-electron chi connectivity index (χ2n) is 10.1. The van der Waals surface area contributed by atoms with Crippen LogP contribution >= 0.6 is 0 Å². The molecule has 1 aromatic rings. The molecule has 3 N–H and O–H groups in total. The van der Waals surface area contributed by atoms with Crippen molar-refractivity contribution in [3.63, 3.8) is 0 Å². The number of carbonyl (C=O) groups is 3. The lowest BCUT2D eigenvalue weighted by molar-refractivity contribution is -0.148. The Kier molecular flexibility index (Phi) is 7.11. The normalized spacial score (nSPS) is 31.9. The van der Waals surface area contributed by atoms with Crippen LogP contribution in [-0.4, -0.2) is 70.8 Å². The first-order chi connectivity index (χ1) is 16.7. The number of likely N-dealkylation sites (tertiary alicyclic amines) is 1. The smallest absolute Gasteiger partial charge is 0.245 e. The number of aliphatic hydroxyl groups is 1. The lowest BCUT2D eigenvalue weighted by atomic mass is 9.66. The van der Waals surface area contributed by atoms with Gasteiger partial charge in [0.25, 0.3) is 0 Å². The highest BCUT2D eigenvalue weighted by molar-refractivity contribution is 6.02. The second-order valence-corrected chi connectivity index (χ2v) is 10.1. The molecular weight excluding hydrogens is 450 g/mol. The number of unbranched alkanes of at least 4 members (excludes halogenated alkanes) is 1. The number of amides is 3. The van der Waals surface area contributed by atoms with E-state index in [1.54, 1.807) is 31.2 Å². The average Bonchev–Trinajstić information content (AvgIpc) is 3.41. The van der Waals surface area contributed by atoms with Crippen LogP contribution in [0.25, 0.3) is 0 Å². The largest absolute Gasteiger partial charge is 0.494 e. The highest BCUT2D eigenvalue weighted by Crippen LogP contribution is 2.63. The van der Waals surface area contributed by atoms with E-state index in [0.29, 0.717) is 37.4 Å². The van der Waals surface area contributed by atoms with E-state index >= 15 is 0 Å². The minimum absolute atomic E-state index is 0.284. The minimum atomic E-state index is -1.09. The van der Waals surface area contributed by atoms with Gasteiger partial charge in [0.15, 0.2) is 0 Å². The summed E-state index contributed by atoms with van der Waals surface area (Å²) >= 11 is 0. The zero-order valence-corrected chi connectivity index (χ0v) is 21.0. The first-order valence-corrected chi connectivity index (χ1v) is 12.7. The molecule has 6 atom stereocenters. The van der Waals surface area contributed by atoms with Gasteiger partial charge in [0.05, 0.1) is 36.7 Å². The highest BCUT2D eigenvalue weighted by Gasteiger charge is 2.78. The molecule has 1 spiro atoms. The Labute approximate surface area is 206 Å². The summed E-state index contributed by atoms with van der Waals surface area (Å²) in [5.74, 6) is -1.74. The summed E-state index contributed by atoms with van der Waals surface area (Å²) in [5.41, 5.74) is -1.35. The van der Waals surface area contributed by atoms with E-state index in [2.05, 4.69) is 10.6 Å². The van der Waals surface area contributed by atoms with Crippen molar-refractivity contribution in [2.24, 2.45) is 11.8 Å². The van der Waals surface area contributed by atoms with Crippen molar-refractivity contribution in [3.8, 4) is 5.75 Å². The van der Waals surface area contributed by atoms with Gasteiger partial charge in [0.1, 0.15) is 17.4 Å². The average molecular weight is 488 g/mol. The Bertz CT molecular complexity index is 968. The topological polar surface area (TPSA) is 117 Å². The fourth-order valence-corrected chi connectivity index (χ4v) is 6.13. The molecule has 3 amide bonds. The quantitative estimate of drug-likeness (QED) is 0.435. The number of fused-ring (bicyclic) bond motifs is 1. The summed E-state index contributed by atoms with van der Waals surface area (Å²) in [6, 6.07) is 5.62. The number of ether oxygens (including phenoxy) is 2. The van der Waals surface area contributed by atoms with Crippen molar-refractivity contribution in [2.45, 2.75) is 76.7 Å². The molecule has 192 valence electrons. The molecule has 0 saturated carbocycles. The predicted octanol–water partition coefficient (Wildman–Crippen LogP) is 2.09. The number of anilines is 1. The zero-order valence-electron chi connectivity index (χ0n) is 21.0. The molecule has 3 fully saturated rings. The third kappa shape index (κ3) is 4.18. The molecule has 0 aromatic heterocycles. The van der Waals surface area contributed by atoms with Crippen LogP contribution in [0.2, 0.25) is 0 Å². The van der Waals surface area contributed by atoms with Crippen molar-refractivity contribution in [1.82, 2.24) is 10.2 Å². The van der Waals surface area contributed by atoms with Gasteiger partial charge in [-0.05, 0) is 64.3 Å². The molecule has 0 aliphatic carbocycles. The summed E-state index contributed by atoms with van der Waals surface area (Å²) in [7, 11) is 0. The molecule has 4 rings (SSSR count). The van der Waals surface area contributed by atoms with E-state index in [1.807, 2.05) is 20.8 Å². The van der Waals surface area contributed by atoms with Crippen molar-refractivity contribution in [2.75, 3.05) is 25.1 Å². The first-order valence-electron chi connectivity index (χ1n) is 12.7. The molecular formula is C26H37N3O6. The summed E-state index contributed by atoms with van der Waals surface area (Å²) in [5, 5.41) is 15.8. The molecule has 0 radical (unpaired) electrons. The summed E-state index contributed by atoms with van der Waals surface area (Å²) in [4.78, 5) is 42.2. The maximum Gasteiger partial charge on any atom is 0.245 e. The lowest BCUT2D eigenvalue weighted by Gasteiger charge is -2.35. The van der Waals surface area contributed by atoms with E-state index in [9.17, 15) is 19.5 Å². The van der Waals surface area contributed by atoms with Gasteiger partial charge in [-0.15, -0.1) is 0 Å². The van der Waals surface area contributed by atoms with Crippen LogP contribution in [0, 0.1) is 11.8 Å². The third-order valence-electron chi connectivity index (χ3n) is 7.75. The molecule has 9 nitrogen and oxygen atoms in total. The van der Waals surface area contributed by atoms with Crippen molar-refractivity contribution in [1.29, 1.82) is 0 Å². The van der Waals surface area contributed by atoms with Crippen molar-refractivity contribution < 1.29 is 29.0 Å². The van der Waals surface area contributed by atoms with Crippen LogP contribution in [0.5, 0.6) is 5.75 Å². The molecule has 3 aliphatic heterocycles. The van der Waals surface area contributed by atoms with Gasteiger partial charge in [-0.25, -0.2) is 0 Å². The molecule has 3 heterocycles. The van der Waals surface area contributed by atoms with Gasteiger partial charge in [0, 0.05) is 12.2 Å². The maximum absolute atomic E-state index is 13.8. The standard InChI is InChI=1S/C26H37N3O6/c1-5-7-14-27-23(32)21-26-13-12-25(4,35-26)19(20(26)24(33)29(21)16(3)15-30)22(31)28-17-8-10-18(11-9-17)34-6-2/h8-11,16,19-21,30H,5-7,12-15H2,1-4H3,(H,27,32)(H,28,31)/t16-,19-,20+,21?,25+,26?/m1/s1. The Morgan fingerprint density at radius 2 is 1.94 bits per heavy atom. The zero-order chi connectivity index (χ0) is 25.4. The number of nitrogens with one attached hydrogen (secondary N) is 2. The molecule has 2 bridgehead atoms. The monoisotopic (exact) mass is 487 g/mol. The van der Waals surface area contributed by atoms with Gasteiger partial charge in [-0.3, -0.25) is 14.4 Å². The Morgan fingerprint density at radius 3 is 2.57 bits per heavy atom. The van der Waals surface area contributed by atoms with Crippen LogP contribution < -0.4 is 15.4 Å². The highest BCUT2D eigenvalue weighted by atomic mass is 16.5. The molecule has 1 aromatic carbocycles.